The van der Waals surface area contributed by atoms with Crippen LogP contribution in [0, 0.1) is 5.92 Å². The molecule has 1 aliphatic heterocycles. The Morgan fingerprint density at radius 3 is 2.52 bits per heavy atom. The Bertz CT molecular complexity index is 854. The predicted octanol–water partition coefficient (Wildman–Crippen LogP) is 4.76. The quantitative estimate of drug-likeness (QED) is 0.751. The summed E-state index contributed by atoms with van der Waals surface area (Å²) in [5.41, 5.74) is 2.86. The number of fused-ring (bicyclic) bond motifs is 1. The topological polar surface area (TPSA) is 36.4 Å². The zero-order valence-electron chi connectivity index (χ0n) is 14.6. The van der Waals surface area contributed by atoms with Crippen molar-refractivity contribution in [3.05, 3.63) is 71.9 Å². The van der Waals surface area contributed by atoms with Crippen molar-refractivity contribution in [2.75, 3.05) is 13.1 Å². The average Bonchev–Trinajstić information content (AvgIpc) is 2.66. The highest BCUT2D eigenvalue weighted by Crippen LogP contribution is 2.39. The summed E-state index contributed by atoms with van der Waals surface area (Å²) in [6.45, 7) is 4.44. The van der Waals surface area contributed by atoms with Crippen LogP contribution in [0.25, 0.3) is 10.9 Å². The van der Waals surface area contributed by atoms with Gasteiger partial charge < -0.3 is 5.11 Å². The van der Waals surface area contributed by atoms with Gasteiger partial charge in [0.25, 0.3) is 0 Å². The number of piperidine rings is 1. The lowest BCUT2D eigenvalue weighted by Gasteiger charge is -2.37. The molecule has 1 fully saturated rings. The van der Waals surface area contributed by atoms with Gasteiger partial charge in [-0.15, -0.1) is 0 Å². The van der Waals surface area contributed by atoms with E-state index in [2.05, 4.69) is 53.2 Å². The minimum Gasteiger partial charge on any atom is -0.505 e. The molecule has 0 spiro atoms. The maximum Gasteiger partial charge on any atom is 0.146 e. The number of aromatic nitrogens is 1. The number of phenols is 1. The first-order chi connectivity index (χ1) is 12.2. The molecule has 1 N–H and O–H groups in total. The van der Waals surface area contributed by atoms with E-state index in [1.54, 1.807) is 6.20 Å². The van der Waals surface area contributed by atoms with Gasteiger partial charge in [0, 0.05) is 17.1 Å². The molecule has 1 aromatic heterocycles. The number of likely N-dealkylation sites (tertiary alicyclic amines) is 1. The Balaban J connectivity index is 1.82. The van der Waals surface area contributed by atoms with Gasteiger partial charge in [-0.2, -0.15) is 0 Å². The van der Waals surface area contributed by atoms with Crippen LogP contribution in [0.1, 0.15) is 36.9 Å². The second kappa shape index (κ2) is 6.85. The number of hydrogen-bond donors (Lipinski definition) is 1. The third kappa shape index (κ3) is 3.12. The van der Waals surface area contributed by atoms with Crippen LogP contribution in [-0.2, 0) is 0 Å². The van der Waals surface area contributed by atoms with E-state index in [4.69, 9.17) is 0 Å². The lowest BCUT2D eigenvalue weighted by molar-refractivity contribution is 0.156. The van der Waals surface area contributed by atoms with Crippen molar-refractivity contribution in [2.24, 2.45) is 5.92 Å². The molecule has 1 aliphatic rings. The molecule has 0 saturated carbocycles. The fourth-order valence-corrected chi connectivity index (χ4v) is 3.88. The van der Waals surface area contributed by atoms with Crippen LogP contribution >= 0.6 is 0 Å². The smallest absolute Gasteiger partial charge is 0.146 e. The largest absolute Gasteiger partial charge is 0.505 e. The molecule has 0 aliphatic carbocycles. The van der Waals surface area contributed by atoms with E-state index >= 15 is 0 Å². The van der Waals surface area contributed by atoms with Crippen molar-refractivity contribution in [3.8, 4) is 5.75 Å². The number of benzene rings is 2. The Morgan fingerprint density at radius 2 is 1.76 bits per heavy atom. The number of aromatic hydroxyl groups is 1. The summed E-state index contributed by atoms with van der Waals surface area (Å²) < 4.78 is 0. The first-order valence-electron chi connectivity index (χ1n) is 9.09. The van der Waals surface area contributed by atoms with Crippen LogP contribution in [0.2, 0.25) is 0 Å². The van der Waals surface area contributed by atoms with Gasteiger partial charge in [-0.05, 0) is 43.5 Å². The zero-order chi connectivity index (χ0) is 17.2. The Morgan fingerprint density at radius 1 is 1.00 bits per heavy atom. The van der Waals surface area contributed by atoms with Crippen LogP contribution in [0.4, 0.5) is 0 Å². The Hall–Kier alpha value is -2.39. The molecule has 3 aromatic rings. The van der Waals surface area contributed by atoms with E-state index in [0.29, 0.717) is 11.3 Å². The highest BCUT2D eigenvalue weighted by atomic mass is 16.3. The summed E-state index contributed by atoms with van der Waals surface area (Å²) in [5, 5.41) is 11.9. The molecule has 0 amide bonds. The average molecular weight is 332 g/mol. The first-order valence-corrected chi connectivity index (χ1v) is 9.09. The first kappa shape index (κ1) is 16.1. The standard InChI is InChI=1S/C22H24N2O/c1-16-11-14-24(15-12-16)21(18-6-3-2-4-7-18)19-10-9-17-8-5-13-23-20(17)22(19)25/h2-10,13,16,21,25H,11-12,14-15H2,1H3/t21-/m0/s1. The Labute approximate surface area is 148 Å². The zero-order valence-corrected chi connectivity index (χ0v) is 14.6. The van der Waals surface area contributed by atoms with Crippen molar-refractivity contribution in [2.45, 2.75) is 25.8 Å². The third-order valence-corrected chi connectivity index (χ3v) is 5.37. The van der Waals surface area contributed by atoms with Gasteiger partial charge in [0.15, 0.2) is 0 Å². The van der Waals surface area contributed by atoms with Crippen LogP contribution in [-0.4, -0.2) is 28.1 Å². The molecule has 4 rings (SSSR count). The van der Waals surface area contributed by atoms with Crippen molar-refractivity contribution >= 4 is 10.9 Å². The van der Waals surface area contributed by atoms with E-state index in [-0.39, 0.29) is 6.04 Å². The van der Waals surface area contributed by atoms with Gasteiger partial charge in [-0.25, -0.2) is 0 Å². The maximum absolute atomic E-state index is 11.0. The van der Waals surface area contributed by atoms with Crippen molar-refractivity contribution < 1.29 is 5.11 Å². The summed E-state index contributed by atoms with van der Waals surface area (Å²) in [6.07, 6.45) is 4.15. The second-order valence-electron chi connectivity index (χ2n) is 7.11. The van der Waals surface area contributed by atoms with Crippen LogP contribution < -0.4 is 0 Å². The maximum atomic E-state index is 11.0. The summed E-state index contributed by atoms with van der Waals surface area (Å²) in [6, 6.07) is 18.6. The third-order valence-electron chi connectivity index (χ3n) is 5.37. The van der Waals surface area contributed by atoms with E-state index in [1.165, 1.54) is 18.4 Å². The van der Waals surface area contributed by atoms with Gasteiger partial charge in [-0.3, -0.25) is 9.88 Å². The van der Waals surface area contributed by atoms with Crippen molar-refractivity contribution in [3.63, 3.8) is 0 Å². The summed E-state index contributed by atoms with van der Waals surface area (Å²) in [4.78, 5) is 6.91. The lowest BCUT2D eigenvalue weighted by Crippen LogP contribution is -2.36. The second-order valence-corrected chi connectivity index (χ2v) is 7.11. The molecule has 3 heteroatoms. The van der Waals surface area contributed by atoms with E-state index < -0.39 is 0 Å². The number of phenolic OH excluding ortho intramolecular Hbond substituents is 1. The molecular formula is C22H24N2O. The minimum absolute atomic E-state index is 0.0695. The molecule has 1 saturated heterocycles. The van der Waals surface area contributed by atoms with Crippen molar-refractivity contribution in [1.82, 2.24) is 9.88 Å². The number of nitrogens with zero attached hydrogens (tertiary/aromatic N) is 2. The van der Waals surface area contributed by atoms with Gasteiger partial charge in [0.1, 0.15) is 11.3 Å². The van der Waals surface area contributed by atoms with E-state index in [1.807, 2.05) is 18.2 Å². The molecule has 0 radical (unpaired) electrons. The van der Waals surface area contributed by atoms with Gasteiger partial charge >= 0.3 is 0 Å². The van der Waals surface area contributed by atoms with Gasteiger partial charge in [-0.1, -0.05) is 55.5 Å². The van der Waals surface area contributed by atoms with Crippen LogP contribution in [0.3, 0.4) is 0 Å². The number of pyridine rings is 1. The highest BCUT2D eigenvalue weighted by Gasteiger charge is 2.28. The number of hydrogen-bond acceptors (Lipinski definition) is 3. The normalized spacial score (nSPS) is 17.6. The van der Waals surface area contributed by atoms with Crippen LogP contribution in [0.15, 0.2) is 60.8 Å². The van der Waals surface area contributed by atoms with Crippen molar-refractivity contribution in [1.29, 1.82) is 0 Å². The minimum atomic E-state index is 0.0695. The molecule has 0 unspecified atom stereocenters. The summed E-state index contributed by atoms with van der Waals surface area (Å²) in [7, 11) is 0. The van der Waals surface area contributed by atoms with E-state index in [9.17, 15) is 5.11 Å². The molecule has 2 aromatic carbocycles. The van der Waals surface area contributed by atoms with Gasteiger partial charge in [0.2, 0.25) is 0 Å². The molecule has 2 heterocycles. The molecule has 128 valence electrons. The lowest BCUT2D eigenvalue weighted by atomic mass is 9.91. The predicted molar refractivity (Wildman–Crippen MR) is 102 cm³/mol. The SMILES string of the molecule is CC1CCN([C@@H](c2ccccc2)c2ccc3cccnc3c2O)CC1. The van der Waals surface area contributed by atoms with Gasteiger partial charge in [0.05, 0.1) is 6.04 Å². The highest BCUT2D eigenvalue weighted by molar-refractivity contribution is 5.85. The van der Waals surface area contributed by atoms with Crippen LogP contribution in [0.5, 0.6) is 5.75 Å². The van der Waals surface area contributed by atoms with E-state index in [0.717, 1.165) is 30.0 Å². The molecule has 1 atom stereocenters. The molecule has 25 heavy (non-hydrogen) atoms. The fraction of sp³-hybridized carbons (Fsp3) is 0.318. The molecular weight excluding hydrogens is 308 g/mol. The fourth-order valence-electron chi connectivity index (χ4n) is 3.88. The number of rotatable bonds is 3. The molecule has 3 nitrogen and oxygen atoms in total. The molecule has 0 bridgehead atoms. The Kier molecular flexibility index (Phi) is 4.41. The summed E-state index contributed by atoms with van der Waals surface area (Å²) in [5.74, 6) is 1.09. The summed E-state index contributed by atoms with van der Waals surface area (Å²) >= 11 is 0. The monoisotopic (exact) mass is 332 g/mol.